The number of benzene rings is 1. The predicted molar refractivity (Wildman–Crippen MR) is 95.4 cm³/mol. The maximum Gasteiger partial charge on any atom is 0.294 e. The molecule has 0 aliphatic carbocycles. The van der Waals surface area contributed by atoms with Crippen LogP contribution in [0.4, 0.5) is 0 Å². The van der Waals surface area contributed by atoms with Crippen LogP contribution in [0, 0.1) is 0 Å². The van der Waals surface area contributed by atoms with Gasteiger partial charge in [-0.25, -0.2) is 0 Å². The van der Waals surface area contributed by atoms with Crippen molar-refractivity contribution in [1.82, 2.24) is 20.1 Å². The topological polar surface area (TPSA) is 54.0 Å². The summed E-state index contributed by atoms with van der Waals surface area (Å²) in [6.45, 7) is 0. The summed E-state index contributed by atoms with van der Waals surface area (Å²) in [7, 11) is 2.25. The van der Waals surface area contributed by atoms with Crippen LogP contribution in [0.25, 0.3) is 21.5 Å². The molecular formula is C18H20N4OS. The molecule has 2 aromatic heterocycles. The minimum Gasteiger partial charge on any atom is -0.465 e. The van der Waals surface area contributed by atoms with Crippen LogP contribution >= 0.6 is 11.3 Å². The van der Waals surface area contributed by atoms with Gasteiger partial charge in [-0.1, -0.05) is 28.6 Å². The van der Waals surface area contributed by atoms with E-state index in [0.29, 0.717) is 17.3 Å². The molecule has 2 bridgehead atoms. The molecule has 3 aromatic rings. The molecule has 3 atom stereocenters. The molecule has 2 aliphatic rings. The fourth-order valence-corrected chi connectivity index (χ4v) is 5.04. The fraction of sp³-hybridized carbons (Fsp3) is 0.444. The van der Waals surface area contributed by atoms with E-state index in [1.54, 1.807) is 11.3 Å². The van der Waals surface area contributed by atoms with Crippen LogP contribution in [0.3, 0.4) is 0 Å². The van der Waals surface area contributed by atoms with Crippen LogP contribution in [0.2, 0.25) is 0 Å². The molecule has 0 amide bonds. The zero-order valence-corrected chi connectivity index (χ0v) is 14.4. The van der Waals surface area contributed by atoms with E-state index >= 15 is 0 Å². The lowest BCUT2D eigenvalue weighted by atomic mass is 10.0. The van der Waals surface area contributed by atoms with Crippen molar-refractivity contribution < 1.29 is 4.74 Å². The first kappa shape index (κ1) is 14.4. The smallest absolute Gasteiger partial charge is 0.294 e. The largest absolute Gasteiger partial charge is 0.465 e. The van der Waals surface area contributed by atoms with Gasteiger partial charge in [0.2, 0.25) is 0 Å². The van der Waals surface area contributed by atoms with E-state index in [4.69, 9.17) is 4.74 Å². The number of piperidine rings is 1. The number of nitrogens with one attached hydrogen (secondary N) is 1. The van der Waals surface area contributed by atoms with Gasteiger partial charge in [-0.3, -0.25) is 0 Å². The Hall–Kier alpha value is -1.92. The Bertz CT molecular complexity index is 859. The van der Waals surface area contributed by atoms with E-state index in [1.807, 2.05) is 12.3 Å². The summed E-state index contributed by atoms with van der Waals surface area (Å²) in [5.41, 5.74) is 2.24. The molecule has 6 heteroatoms. The number of ether oxygens (including phenoxy) is 1. The molecule has 1 N–H and O–H groups in total. The Kier molecular flexibility index (Phi) is 3.35. The Morgan fingerprint density at radius 2 is 2.00 bits per heavy atom. The van der Waals surface area contributed by atoms with Gasteiger partial charge in [0.1, 0.15) is 6.10 Å². The zero-order valence-electron chi connectivity index (χ0n) is 13.6. The number of nitrogens with zero attached hydrogens (tertiary/aromatic N) is 3. The number of aromatic nitrogens is 3. The highest BCUT2D eigenvalue weighted by Crippen LogP contribution is 2.38. The first-order valence-corrected chi connectivity index (χ1v) is 9.38. The highest BCUT2D eigenvalue weighted by molar-refractivity contribution is 7.16. The van der Waals surface area contributed by atoms with Gasteiger partial charge in [-0.05, 0) is 44.9 Å². The van der Waals surface area contributed by atoms with Gasteiger partial charge in [-0.2, -0.15) is 0 Å². The second kappa shape index (κ2) is 5.57. The van der Waals surface area contributed by atoms with Crippen LogP contribution in [0.1, 0.15) is 25.7 Å². The molecular weight excluding hydrogens is 320 g/mol. The molecule has 5 nitrogen and oxygen atoms in total. The highest BCUT2D eigenvalue weighted by Gasteiger charge is 2.39. The lowest BCUT2D eigenvalue weighted by Crippen LogP contribution is -2.43. The van der Waals surface area contributed by atoms with Gasteiger partial charge in [0.05, 0.1) is 0 Å². The summed E-state index contributed by atoms with van der Waals surface area (Å²) in [6, 6.07) is 9.65. The Labute approximate surface area is 144 Å². The van der Waals surface area contributed by atoms with Gasteiger partial charge < -0.3 is 14.6 Å². The molecule has 2 saturated heterocycles. The molecule has 0 spiro atoms. The molecule has 2 aliphatic heterocycles. The molecule has 2 fully saturated rings. The van der Waals surface area contributed by atoms with Gasteiger partial charge in [0, 0.05) is 34.7 Å². The first-order chi connectivity index (χ1) is 11.8. The van der Waals surface area contributed by atoms with Crippen molar-refractivity contribution in [1.29, 1.82) is 0 Å². The molecule has 24 heavy (non-hydrogen) atoms. The summed E-state index contributed by atoms with van der Waals surface area (Å²) in [6.07, 6.45) is 7.06. The van der Waals surface area contributed by atoms with E-state index in [2.05, 4.69) is 45.3 Å². The second-order valence-electron chi connectivity index (χ2n) is 6.88. The van der Waals surface area contributed by atoms with E-state index in [0.717, 1.165) is 28.9 Å². The van der Waals surface area contributed by atoms with Crippen LogP contribution in [0.5, 0.6) is 5.19 Å². The molecule has 0 saturated carbocycles. The summed E-state index contributed by atoms with van der Waals surface area (Å²) in [5.74, 6) is 0. The van der Waals surface area contributed by atoms with Gasteiger partial charge in [0.15, 0.2) is 5.01 Å². The first-order valence-electron chi connectivity index (χ1n) is 8.56. The van der Waals surface area contributed by atoms with E-state index in [9.17, 15) is 0 Å². The molecule has 4 heterocycles. The molecule has 124 valence electrons. The van der Waals surface area contributed by atoms with Gasteiger partial charge >= 0.3 is 0 Å². The van der Waals surface area contributed by atoms with Gasteiger partial charge in [0.25, 0.3) is 5.19 Å². The lowest BCUT2D eigenvalue weighted by Gasteiger charge is -2.35. The third-order valence-corrected chi connectivity index (χ3v) is 6.40. The zero-order chi connectivity index (χ0) is 16.1. The average molecular weight is 340 g/mol. The number of hydrogen-bond acceptors (Lipinski definition) is 5. The van der Waals surface area contributed by atoms with Crippen molar-refractivity contribution in [3.8, 4) is 15.8 Å². The van der Waals surface area contributed by atoms with Crippen molar-refractivity contribution in [3.63, 3.8) is 0 Å². The highest BCUT2D eigenvalue weighted by atomic mass is 32.1. The van der Waals surface area contributed by atoms with Crippen molar-refractivity contribution in [2.75, 3.05) is 7.05 Å². The Morgan fingerprint density at radius 1 is 1.17 bits per heavy atom. The third kappa shape index (κ3) is 2.32. The standard InChI is InChI=1S/C18H20N4OS/c1-22-11-5-6-12(22)10-13(9-11)23-18-21-20-17(24-18)15-3-2-4-16-14(15)7-8-19-16/h2-4,7-8,11-13,19H,5-6,9-10H2,1H3/t11-,12?,13?/m0/s1. The molecule has 1 aromatic carbocycles. The second-order valence-corrected chi connectivity index (χ2v) is 7.82. The Morgan fingerprint density at radius 3 is 2.83 bits per heavy atom. The SMILES string of the molecule is CN1C2CC[C@H]1CC(Oc1nnc(-c3cccc4[nH]ccc34)s1)C2. The van der Waals surface area contributed by atoms with Crippen LogP contribution in [-0.4, -0.2) is 45.3 Å². The maximum atomic E-state index is 6.19. The lowest BCUT2D eigenvalue weighted by molar-refractivity contribution is 0.0655. The van der Waals surface area contributed by atoms with Crippen molar-refractivity contribution >= 4 is 22.2 Å². The number of rotatable bonds is 3. The number of hydrogen-bond donors (Lipinski definition) is 1. The van der Waals surface area contributed by atoms with E-state index < -0.39 is 0 Å². The normalized spacial score (nSPS) is 27.0. The van der Waals surface area contributed by atoms with Gasteiger partial charge in [-0.15, -0.1) is 5.10 Å². The molecule has 5 rings (SSSR count). The quantitative estimate of drug-likeness (QED) is 0.790. The van der Waals surface area contributed by atoms with Crippen molar-refractivity contribution in [2.24, 2.45) is 0 Å². The Balaban J connectivity index is 1.37. The van der Waals surface area contributed by atoms with Crippen LogP contribution < -0.4 is 4.74 Å². The fourth-order valence-electron chi connectivity index (χ4n) is 4.24. The third-order valence-electron chi connectivity index (χ3n) is 5.55. The number of aromatic amines is 1. The summed E-state index contributed by atoms with van der Waals surface area (Å²) >= 11 is 1.55. The summed E-state index contributed by atoms with van der Waals surface area (Å²) in [4.78, 5) is 5.77. The minimum atomic E-state index is 0.280. The van der Waals surface area contributed by atoms with Crippen LogP contribution in [-0.2, 0) is 0 Å². The monoisotopic (exact) mass is 340 g/mol. The number of H-pyrrole nitrogens is 1. The maximum absolute atomic E-state index is 6.19. The minimum absolute atomic E-state index is 0.280. The summed E-state index contributed by atoms with van der Waals surface area (Å²) < 4.78 is 6.19. The van der Waals surface area contributed by atoms with E-state index in [-0.39, 0.29) is 6.10 Å². The van der Waals surface area contributed by atoms with Crippen molar-refractivity contribution in [3.05, 3.63) is 30.5 Å². The predicted octanol–water partition coefficient (Wildman–Crippen LogP) is 3.69. The average Bonchev–Trinajstić information content (AvgIpc) is 3.27. The molecule has 2 unspecified atom stereocenters. The van der Waals surface area contributed by atoms with E-state index in [1.165, 1.54) is 18.2 Å². The van der Waals surface area contributed by atoms with Crippen LogP contribution in [0.15, 0.2) is 30.5 Å². The molecule has 0 radical (unpaired) electrons. The summed E-state index contributed by atoms with van der Waals surface area (Å²) in [5, 5.41) is 11.5. The van der Waals surface area contributed by atoms with Crippen molar-refractivity contribution in [2.45, 2.75) is 43.9 Å². The number of fused-ring (bicyclic) bond motifs is 3.